The molecule has 21 heavy (non-hydrogen) atoms. The minimum atomic E-state index is -0.265. The van der Waals surface area contributed by atoms with Crippen molar-refractivity contribution >= 4 is 17.3 Å². The number of hydrogen-bond donors (Lipinski definition) is 2. The van der Waals surface area contributed by atoms with E-state index in [0.29, 0.717) is 24.7 Å². The highest BCUT2D eigenvalue weighted by atomic mass is 35.5. The minimum absolute atomic E-state index is 0.184. The molecule has 0 bridgehead atoms. The maximum Gasteiger partial charge on any atom is 0.287 e. The summed E-state index contributed by atoms with van der Waals surface area (Å²) in [6.45, 7) is 3.82. The molecule has 3 N–H and O–H groups in total. The lowest BCUT2D eigenvalue weighted by Gasteiger charge is -2.31. The second-order valence-corrected chi connectivity index (χ2v) is 6.60. The molecule has 0 aromatic carbocycles. The molecule has 1 aliphatic rings. The zero-order valence-electron chi connectivity index (χ0n) is 12.9. The summed E-state index contributed by atoms with van der Waals surface area (Å²) in [6, 6.07) is 0. The molecule has 0 amide bonds. The lowest BCUT2D eigenvalue weighted by atomic mass is 9.96. The number of nitrogens with two attached hydrogens (primary N) is 1. The molecule has 1 aromatic heterocycles. The molecule has 1 unspecified atom stereocenters. The van der Waals surface area contributed by atoms with E-state index in [1.807, 2.05) is 19.0 Å². The third-order valence-electron chi connectivity index (χ3n) is 4.07. The summed E-state index contributed by atoms with van der Waals surface area (Å²) in [6.07, 6.45) is 3.94. The van der Waals surface area contributed by atoms with Gasteiger partial charge in [0.15, 0.2) is 0 Å². The molecular weight excluding hydrogens is 290 g/mol. The molecule has 0 radical (unpaired) electrons. The predicted octanol–water partition coefficient (Wildman–Crippen LogP) is 0.998. The van der Waals surface area contributed by atoms with Crippen LogP contribution in [0, 0.1) is 5.92 Å². The van der Waals surface area contributed by atoms with E-state index in [1.165, 1.54) is 4.68 Å². The van der Waals surface area contributed by atoms with Crippen LogP contribution in [0.4, 0.5) is 5.69 Å². The van der Waals surface area contributed by atoms with Crippen molar-refractivity contribution in [2.24, 2.45) is 11.7 Å². The van der Waals surface area contributed by atoms with Crippen LogP contribution in [-0.4, -0.2) is 47.4 Å². The van der Waals surface area contributed by atoms with E-state index in [-0.39, 0.29) is 16.1 Å². The van der Waals surface area contributed by atoms with E-state index in [0.717, 1.165) is 19.4 Å². The largest absolute Gasteiger partial charge is 0.376 e. The number of nitrogens with zero attached hydrogens (tertiary/aromatic N) is 3. The van der Waals surface area contributed by atoms with Crippen LogP contribution in [-0.2, 0) is 6.54 Å². The van der Waals surface area contributed by atoms with Gasteiger partial charge in [0.1, 0.15) is 5.02 Å². The van der Waals surface area contributed by atoms with Crippen molar-refractivity contribution in [2.75, 3.05) is 32.5 Å². The molecule has 1 heterocycles. The van der Waals surface area contributed by atoms with Gasteiger partial charge in [0.25, 0.3) is 5.56 Å². The molecule has 1 aliphatic carbocycles. The van der Waals surface area contributed by atoms with Crippen molar-refractivity contribution in [2.45, 2.75) is 31.8 Å². The van der Waals surface area contributed by atoms with Crippen molar-refractivity contribution in [1.29, 1.82) is 0 Å². The average Bonchev–Trinajstić information content (AvgIpc) is 3.27. The van der Waals surface area contributed by atoms with Gasteiger partial charge in [-0.3, -0.25) is 4.79 Å². The number of hydrogen-bond acceptors (Lipinski definition) is 5. The second-order valence-electron chi connectivity index (χ2n) is 6.22. The van der Waals surface area contributed by atoms with Crippen LogP contribution < -0.4 is 16.6 Å². The highest BCUT2D eigenvalue weighted by molar-refractivity contribution is 6.32. The smallest absolute Gasteiger partial charge is 0.287 e. The maximum absolute atomic E-state index is 12.2. The van der Waals surface area contributed by atoms with Crippen molar-refractivity contribution in [3.8, 4) is 0 Å². The van der Waals surface area contributed by atoms with Gasteiger partial charge in [-0.25, -0.2) is 4.68 Å². The standard InChI is InChI=1S/C14H24ClN5O/c1-14(9-16,10-4-5-10)18-11-8-17-20(7-6-19(2)3)13(21)12(11)15/h8,10,18H,4-7,9,16H2,1-3H3. The van der Waals surface area contributed by atoms with Crippen molar-refractivity contribution in [1.82, 2.24) is 14.7 Å². The second kappa shape index (κ2) is 6.34. The van der Waals surface area contributed by atoms with Gasteiger partial charge in [-0.2, -0.15) is 5.10 Å². The first kappa shape index (κ1) is 16.3. The summed E-state index contributed by atoms with van der Waals surface area (Å²) < 4.78 is 1.39. The number of aromatic nitrogens is 2. The number of anilines is 1. The van der Waals surface area contributed by atoms with E-state index >= 15 is 0 Å². The zero-order valence-corrected chi connectivity index (χ0v) is 13.7. The van der Waals surface area contributed by atoms with E-state index < -0.39 is 0 Å². The van der Waals surface area contributed by atoms with E-state index in [9.17, 15) is 4.79 Å². The lowest BCUT2D eigenvalue weighted by Crippen LogP contribution is -2.45. The highest BCUT2D eigenvalue weighted by Gasteiger charge is 2.40. The summed E-state index contributed by atoms with van der Waals surface area (Å²) >= 11 is 6.21. The quantitative estimate of drug-likeness (QED) is 0.785. The normalized spacial score (nSPS) is 17.8. The number of halogens is 1. The fourth-order valence-corrected chi connectivity index (χ4v) is 2.55. The molecule has 6 nitrogen and oxygen atoms in total. The van der Waals surface area contributed by atoms with Gasteiger partial charge in [-0.05, 0) is 39.8 Å². The lowest BCUT2D eigenvalue weighted by molar-refractivity contribution is 0.367. The molecule has 1 aromatic rings. The van der Waals surface area contributed by atoms with Crippen LogP contribution >= 0.6 is 11.6 Å². The van der Waals surface area contributed by atoms with E-state index in [2.05, 4.69) is 17.3 Å². The molecule has 0 saturated heterocycles. The summed E-state index contributed by atoms with van der Waals surface area (Å²) in [5.41, 5.74) is 5.96. The summed E-state index contributed by atoms with van der Waals surface area (Å²) in [5.74, 6) is 0.537. The Balaban J connectivity index is 2.18. The zero-order chi connectivity index (χ0) is 15.6. The maximum atomic E-state index is 12.2. The van der Waals surface area contributed by atoms with Gasteiger partial charge in [-0.15, -0.1) is 0 Å². The Kier molecular flexibility index (Phi) is 4.91. The Labute approximate surface area is 130 Å². The molecule has 7 heteroatoms. The third-order valence-corrected chi connectivity index (χ3v) is 4.43. The Morgan fingerprint density at radius 1 is 1.57 bits per heavy atom. The van der Waals surface area contributed by atoms with Crippen molar-refractivity contribution in [3.05, 3.63) is 21.6 Å². The summed E-state index contributed by atoms with van der Waals surface area (Å²) in [5, 5.41) is 7.71. The molecular formula is C14H24ClN5O. The number of likely N-dealkylation sites (N-methyl/N-ethyl adjacent to an activating group) is 1. The van der Waals surface area contributed by atoms with Crippen LogP contribution in [0.15, 0.2) is 11.0 Å². The topological polar surface area (TPSA) is 76.2 Å². The first-order chi connectivity index (χ1) is 9.87. The first-order valence-electron chi connectivity index (χ1n) is 7.26. The SMILES string of the molecule is CN(C)CCn1ncc(NC(C)(CN)C2CC2)c(Cl)c1=O. The van der Waals surface area contributed by atoms with Crippen LogP contribution in [0.25, 0.3) is 0 Å². The Bertz CT molecular complexity index is 555. The monoisotopic (exact) mass is 313 g/mol. The Hall–Kier alpha value is -1.11. The fourth-order valence-electron chi connectivity index (χ4n) is 2.35. The van der Waals surface area contributed by atoms with Gasteiger partial charge in [0.05, 0.1) is 18.4 Å². The molecule has 1 saturated carbocycles. The molecule has 2 rings (SSSR count). The van der Waals surface area contributed by atoms with Gasteiger partial charge in [0, 0.05) is 18.6 Å². The van der Waals surface area contributed by atoms with Crippen LogP contribution in [0.5, 0.6) is 0 Å². The van der Waals surface area contributed by atoms with Crippen LogP contribution in [0.2, 0.25) is 5.02 Å². The molecule has 118 valence electrons. The van der Waals surface area contributed by atoms with Crippen LogP contribution in [0.1, 0.15) is 19.8 Å². The molecule has 0 aliphatic heterocycles. The predicted molar refractivity (Wildman–Crippen MR) is 85.9 cm³/mol. The van der Waals surface area contributed by atoms with Gasteiger partial charge in [-0.1, -0.05) is 11.6 Å². The molecule has 0 spiro atoms. The minimum Gasteiger partial charge on any atom is -0.376 e. The summed E-state index contributed by atoms with van der Waals surface area (Å²) in [4.78, 5) is 14.2. The van der Waals surface area contributed by atoms with Crippen molar-refractivity contribution < 1.29 is 0 Å². The first-order valence-corrected chi connectivity index (χ1v) is 7.64. The number of rotatable bonds is 7. The number of nitrogens with one attached hydrogen (secondary N) is 1. The van der Waals surface area contributed by atoms with Gasteiger partial charge in [0.2, 0.25) is 0 Å². The van der Waals surface area contributed by atoms with Crippen molar-refractivity contribution in [3.63, 3.8) is 0 Å². The third kappa shape index (κ3) is 3.75. The van der Waals surface area contributed by atoms with Gasteiger partial charge < -0.3 is 16.0 Å². The fraction of sp³-hybridized carbons (Fsp3) is 0.714. The van der Waals surface area contributed by atoms with Crippen LogP contribution in [0.3, 0.4) is 0 Å². The van der Waals surface area contributed by atoms with Gasteiger partial charge >= 0.3 is 0 Å². The average molecular weight is 314 g/mol. The molecule has 1 fully saturated rings. The molecule has 1 atom stereocenters. The summed E-state index contributed by atoms with van der Waals surface area (Å²) in [7, 11) is 3.90. The van der Waals surface area contributed by atoms with E-state index in [1.54, 1.807) is 6.20 Å². The van der Waals surface area contributed by atoms with E-state index in [4.69, 9.17) is 17.3 Å². The highest BCUT2D eigenvalue weighted by Crippen LogP contribution is 2.41. The Morgan fingerprint density at radius 3 is 2.76 bits per heavy atom. The Morgan fingerprint density at radius 2 is 2.24 bits per heavy atom.